The van der Waals surface area contributed by atoms with Gasteiger partial charge >= 0.3 is 11.9 Å². The van der Waals surface area contributed by atoms with Gasteiger partial charge in [-0.2, -0.15) is 0 Å². The van der Waals surface area contributed by atoms with E-state index < -0.39 is 24.3 Å². The Kier molecular flexibility index (Phi) is 3.47. The van der Waals surface area contributed by atoms with E-state index in [1.54, 1.807) is 25.1 Å². The van der Waals surface area contributed by atoms with Crippen LogP contribution in [0.2, 0.25) is 0 Å². The fourth-order valence-electron chi connectivity index (χ4n) is 3.31. The van der Waals surface area contributed by atoms with Gasteiger partial charge in [-0.15, -0.1) is 0 Å². The number of benzene rings is 1. The summed E-state index contributed by atoms with van der Waals surface area (Å²) in [6, 6.07) is 5.34. The Labute approximate surface area is 142 Å². The van der Waals surface area contributed by atoms with Crippen molar-refractivity contribution in [3.05, 3.63) is 63.3 Å². The molecule has 0 amide bonds. The number of hydrogen-bond acceptors (Lipinski definition) is 6. The fourth-order valence-corrected chi connectivity index (χ4v) is 3.31. The van der Waals surface area contributed by atoms with Gasteiger partial charge in [-0.1, -0.05) is 17.2 Å². The van der Waals surface area contributed by atoms with Crippen LogP contribution >= 0.6 is 0 Å². The smallest absolute Gasteiger partial charge is 0.338 e. The van der Waals surface area contributed by atoms with Gasteiger partial charge in [0.25, 0.3) is 6.29 Å². The van der Waals surface area contributed by atoms with Crippen molar-refractivity contribution in [2.45, 2.75) is 25.7 Å². The van der Waals surface area contributed by atoms with Crippen LogP contribution in [0.3, 0.4) is 0 Å². The molecular formula is C17H13N3O5. The summed E-state index contributed by atoms with van der Waals surface area (Å²) in [5.41, 5.74) is 11.8. The Balaban J connectivity index is 1.57. The molecule has 1 aromatic rings. The van der Waals surface area contributed by atoms with Crippen molar-refractivity contribution in [2.75, 3.05) is 0 Å². The quantitative estimate of drug-likeness (QED) is 0.210. The summed E-state index contributed by atoms with van der Waals surface area (Å²) >= 11 is 0. The molecule has 1 saturated heterocycles. The van der Waals surface area contributed by atoms with E-state index in [-0.39, 0.29) is 5.92 Å². The number of hydrogen-bond donors (Lipinski definition) is 0. The molecule has 8 nitrogen and oxygen atoms in total. The number of azide groups is 1. The highest BCUT2D eigenvalue weighted by molar-refractivity contribution is 5.92. The highest BCUT2D eigenvalue weighted by atomic mass is 16.7. The van der Waals surface area contributed by atoms with Gasteiger partial charge in [0.1, 0.15) is 6.10 Å². The first-order valence-electron chi connectivity index (χ1n) is 7.70. The number of carbonyl (C=O) groups is 2. The average molecular weight is 339 g/mol. The van der Waals surface area contributed by atoms with E-state index >= 15 is 0 Å². The molecule has 0 saturated carbocycles. The predicted molar refractivity (Wildman–Crippen MR) is 84.1 cm³/mol. The van der Waals surface area contributed by atoms with Crippen LogP contribution < -0.4 is 0 Å². The number of esters is 2. The molecule has 1 fully saturated rings. The molecule has 3 aliphatic rings. The first-order chi connectivity index (χ1) is 12.1. The number of rotatable bonds is 3. The third-order valence-corrected chi connectivity index (χ3v) is 4.53. The second kappa shape index (κ2) is 5.68. The molecule has 8 heteroatoms. The zero-order valence-corrected chi connectivity index (χ0v) is 13.2. The van der Waals surface area contributed by atoms with Crippen LogP contribution in [0.15, 0.2) is 46.8 Å². The summed E-state index contributed by atoms with van der Waals surface area (Å²) in [6.45, 7) is 1.63. The van der Waals surface area contributed by atoms with Crippen LogP contribution in [-0.2, 0) is 30.2 Å². The van der Waals surface area contributed by atoms with Crippen molar-refractivity contribution in [1.82, 2.24) is 0 Å². The van der Waals surface area contributed by atoms with Gasteiger partial charge in [-0.3, -0.25) is 0 Å². The first-order valence-corrected chi connectivity index (χ1v) is 7.70. The molecule has 0 radical (unpaired) electrons. The SMILES string of the molecule is CC1=CC(O/C=C2/C(=O)OC3c4cc(N=[N+]=[N-])ccc4CC23)OC1=O. The topological polar surface area (TPSA) is 111 Å². The molecule has 0 N–H and O–H groups in total. The molecule has 0 bridgehead atoms. The standard InChI is InChI=1S/C17H13N3O5/c1-8-4-14(24-16(8)21)23-7-13-12-5-9-2-3-10(19-20-18)6-11(9)15(12)25-17(13)22/h2-4,6-7,12,14-15H,5H2,1H3/b13-7+. The molecule has 0 aromatic heterocycles. The Hall–Kier alpha value is -3.25. The van der Waals surface area contributed by atoms with Crippen LogP contribution in [0.5, 0.6) is 0 Å². The fraction of sp³-hybridized carbons (Fsp3) is 0.294. The molecule has 2 aliphatic heterocycles. The Morgan fingerprint density at radius 2 is 2.16 bits per heavy atom. The largest absolute Gasteiger partial charge is 0.458 e. The Bertz CT molecular complexity index is 898. The summed E-state index contributed by atoms with van der Waals surface area (Å²) in [4.78, 5) is 26.3. The summed E-state index contributed by atoms with van der Waals surface area (Å²) < 4.78 is 15.9. The maximum absolute atomic E-state index is 12.2. The van der Waals surface area contributed by atoms with Gasteiger partial charge in [0, 0.05) is 28.2 Å². The van der Waals surface area contributed by atoms with Crippen LogP contribution in [0.4, 0.5) is 5.69 Å². The van der Waals surface area contributed by atoms with E-state index in [0.29, 0.717) is 23.3 Å². The predicted octanol–water partition coefficient (Wildman–Crippen LogP) is 3.13. The van der Waals surface area contributed by atoms with Crippen LogP contribution in [0.1, 0.15) is 24.2 Å². The molecule has 3 unspecified atom stereocenters. The Morgan fingerprint density at radius 1 is 1.32 bits per heavy atom. The molecule has 0 spiro atoms. The first kappa shape index (κ1) is 15.3. The van der Waals surface area contributed by atoms with Gasteiger partial charge in [0.2, 0.25) is 0 Å². The van der Waals surface area contributed by atoms with Crippen molar-refractivity contribution in [3.63, 3.8) is 0 Å². The maximum Gasteiger partial charge on any atom is 0.338 e. The van der Waals surface area contributed by atoms with E-state index in [1.807, 2.05) is 6.07 Å². The Morgan fingerprint density at radius 3 is 2.88 bits per heavy atom. The van der Waals surface area contributed by atoms with Crippen LogP contribution in [0, 0.1) is 5.92 Å². The van der Waals surface area contributed by atoms with Gasteiger partial charge in [0.05, 0.1) is 11.8 Å². The van der Waals surface area contributed by atoms with Gasteiger partial charge in [0.15, 0.2) is 0 Å². The number of carbonyl (C=O) groups excluding carboxylic acids is 2. The van der Waals surface area contributed by atoms with E-state index in [9.17, 15) is 9.59 Å². The van der Waals surface area contributed by atoms with E-state index in [4.69, 9.17) is 19.7 Å². The third kappa shape index (κ3) is 2.53. The highest BCUT2D eigenvalue weighted by Crippen LogP contribution is 2.48. The minimum absolute atomic E-state index is 0.175. The zero-order valence-electron chi connectivity index (χ0n) is 13.2. The van der Waals surface area contributed by atoms with E-state index in [1.165, 1.54) is 6.26 Å². The van der Waals surface area contributed by atoms with Crippen molar-refractivity contribution in [2.24, 2.45) is 11.0 Å². The van der Waals surface area contributed by atoms with Crippen molar-refractivity contribution in [1.29, 1.82) is 0 Å². The third-order valence-electron chi connectivity index (χ3n) is 4.53. The minimum Gasteiger partial charge on any atom is -0.458 e. The number of ether oxygens (including phenoxy) is 3. The monoisotopic (exact) mass is 339 g/mol. The zero-order chi connectivity index (χ0) is 17.6. The molecule has 1 aromatic carbocycles. The van der Waals surface area contributed by atoms with Crippen molar-refractivity contribution in [3.8, 4) is 0 Å². The number of fused-ring (bicyclic) bond motifs is 3. The summed E-state index contributed by atoms with van der Waals surface area (Å²) in [6.07, 6.45) is 2.24. The molecule has 3 atom stereocenters. The molecule has 25 heavy (non-hydrogen) atoms. The van der Waals surface area contributed by atoms with Gasteiger partial charge in [-0.25, -0.2) is 9.59 Å². The summed E-state index contributed by atoms with van der Waals surface area (Å²) in [5, 5.41) is 3.59. The maximum atomic E-state index is 12.2. The second-order valence-electron chi connectivity index (χ2n) is 6.04. The van der Waals surface area contributed by atoms with E-state index in [2.05, 4.69) is 10.0 Å². The number of nitrogens with zero attached hydrogens (tertiary/aromatic N) is 3. The normalized spacial score (nSPS) is 28.0. The lowest BCUT2D eigenvalue weighted by molar-refractivity contribution is -0.152. The number of cyclic esters (lactones) is 1. The average Bonchev–Trinajstić information content (AvgIpc) is 3.18. The van der Waals surface area contributed by atoms with Gasteiger partial charge < -0.3 is 14.2 Å². The summed E-state index contributed by atoms with van der Waals surface area (Å²) in [5.74, 6) is -1.07. The van der Waals surface area contributed by atoms with Crippen LogP contribution in [0.25, 0.3) is 10.4 Å². The van der Waals surface area contributed by atoms with E-state index in [0.717, 1.165) is 11.1 Å². The van der Waals surface area contributed by atoms with Gasteiger partial charge in [-0.05, 0) is 36.1 Å². The molecule has 4 rings (SSSR count). The molecule has 1 aliphatic carbocycles. The lowest BCUT2D eigenvalue weighted by Crippen LogP contribution is -2.11. The minimum atomic E-state index is -0.827. The van der Waals surface area contributed by atoms with Crippen molar-refractivity contribution < 1.29 is 23.8 Å². The van der Waals surface area contributed by atoms with Crippen molar-refractivity contribution >= 4 is 17.6 Å². The second-order valence-corrected chi connectivity index (χ2v) is 6.04. The molecule has 2 heterocycles. The lowest BCUT2D eigenvalue weighted by atomic mass is 9.98. The summed E-state index contributed by atoms with van der Waals surface area (Å²) in [7, 11) is 0. The highest BCUT2D eigenvalue weighted by Gasteiger charge is 2.46. The lowest BCUT2D eigenvalue weighted by Gasteiger charge is -2.09. The van der Waals surface area contributed by atoms with Crippen LogP contribution in [-0.4, -0.2) is 18.2 Å². The molecule has 126 valence electrons. The molecular weight excluding hydrogens is 326 g/mol.